The molecule has 0 aliphatic carbocycles. The van der Waals surface area contributed by atoms with Crippen LogP contribution in [0.1, 0.15) is 30.9 Å². The van der Waals surface area contributed by atoms with Crippen LogP contribution >= 0.6 is 11.8 Å². The summed E-state index contributed by atoms with van der Waals surface area (Å²) in [6.07, 6.45) is 2.93. The van der Waals surface area contributed by atoms with Gasteiger partial charge < -0.3 is 10.4 Å². The highest BCUT2D eigenvalue weighted by molar-refractivity contribution is 8.00. The predicted octanol–water partition coefficient (Wildman–Crippen LogP) is 2.43. The van der Waals surface area contributed by atoms with E-state index in [0.29, 0.717) is 0 Å². The van der Waals surface area contributed by atoms with Gasteiger partial charge in [0.15, 0.2) is 0 Å². The molecule has 1 aromatic carbocycles. The highest BCUT2D eigenvalue weighted by Crippen LogP contribution is 2.28. The van der Waals surface area contributed by atoms with E-state index in [1.807, 2.05) is 18.2 Å². The second-order valence-electron chi connectivity index (χ2n) is 4.68. The van der Waals surface area contributed by atoms with Crippen LogP contribution in [-0.2, 0) is 11.2 Å². The van der Waals surface area contributed by atoms with E-state index < -0.39 is 0 Å². The van der Waals surface area contributed by atoms with E-state index in [2.05, 4.69) is 24.1 Å². The van der Waals surface area contributed by atoms with Gasteiger partial charge in [0.05, 0.1) is 5.25 Å². The number of benzene rings is 1. The fraction of sp³-hybridized carbons (Fsp3) is 0.438. The van der Waals surface area contributed by atoms with Crippen LogP contribution in [0, 0.1) is 11.8 Å². The second-order valence-corrected chi connectivity index (χ2v) is 5.99. The molecule has 1 aliphatic heterocycles. The lowest BCUT2D eigenvalue weighted by atomic mass is 10.1. The standard InChI is InChI=1S/C16H19NO2S/c1-2-13-11-12(5-3-9-18)7-8-14(13)17-16(19)15-6-4-10-20-15/h7-8,11,15,18H,2,4,6,9-10H2,1H3,(H,17,19). The third-order valence-electron chi connectivity index (χ3n) is 3.28. The monoisotopic (exact) mass is 289 g/mol. The number of carbonyl (C=O) groups excluding carboxylic acids is 1. The van der Waals surface area contributed by atoms with Gasteiger partial charge in [0.1, 0.15) is 6.61 Å². The Bertz CT molecular complexity index is 539. The first kappa shape index (κ1) is 15.0. The maximum atomic E-state index is 12.1. The first-order chi connectivity index (χ1) is 9.74. The van der Waals surface area contributed by atoms with Gasteiger partial charge >= 0.3 is 0 Å². The van der Waals surface area contributed by atoms with Crippen molar-refractivity contribution >= 4 is 23.4 Å². The molecule has 2 rings (SSSR count). The summed E-state index contributed by atoms with van der Waals surface area (Å²) in [5.41, 5.74) is 2.81. The summed E-state index contributed by atoms with van der Waals surface area (Å²) in [5.74, 6) is 6.71. The molecule has 2 N–H and O–H groups in total. The highest BCUT2D eigenvalue weighted by Gasteiger charge is 2.23. The van der Waals surface area contributed by atoms with Gasteiger partial charge in [-0.15, -0.1) is 11.8 Å². The average Bonchev–Trinajstić information content (AvgIpc) is 3.00. The van der Waals surface area contributed by atoms with Gasteiger partial charge in [-0.3, -0.25) is 4.79 Å². The van der Waals surface area contributed by atoms with Gasteiger partial charge in [0.25, 0.3) is 0 Å². The minimum absolute atomic E-state index is 0.0913. The molecule has 1 aromatic rings. The Morgan fingerprint density at radius 1 is 1.55 bits per heavy atom. The SMILES string of the molecule is CCc1cc(C#CCO)ccc1NC(=O)C1CCCS1. The van der Waals surface area contributed by atoms with Crippen molar-refractivity contribution in [2.45, 2.75) is 31.4 Å². The summed E-state index contributed by atoms with van der Waals surface area (Å²) in [4.78, 5) is 12.1. The van der Waals surface area contributed by atoms with Gasteiger partial charge in [-0.1, -0.05) is 18.8 Å². The Labute approximate surface area is 124 Å². The van der Waals surface area contributed by atoms with Crippen LogP contribution in [0.5, 0.6) is 0 Å². The molecule has 0 saturated carbocycles. The summed E-state index contributed by atoms with van der Waals surface area (Å²) in [5, 5.41) is 11.8. The smallest absolute Gasteiger partial charge is 0.237 e. The zero-order chi connectivity index (χ0) is 14.4. The van der Waals surface area contributed by atoms with E-state index in [9.17, 15) is 4.79 Å². The summed E-state index contributed by atoms with van der Waals surface area (Å²) in [6.45, 7) is 1.91. The number of thioether (sulfide) groups is 1. The molecule has 1 unspecified atom stereocenters. The second kappa shape index (κ2) is 7.37. The molecule has 1 aliphatic rings. The highest BCUT2D eigenvalue weighted by atomic mass is 32.2. The zero-order valence-corrected chi connectivity index (χ0v) is 12.4. The molecule has 0 aromatic heterocycles. The van der Waals surface area contributed by atoms with E-state index in [0.717, 1.165) is 41.8 Å². The van der Waals surface area contributed by atoms with Crippen LogP contribution in [0.3, 0.4) is 0 Å². The molecule has 3 nitrogen and oxygen atoms in total. The summed E-state index contributed by atoms with van der Waals surface area (Å²) in [7, 11) is 0. The lowest BCUT2D eigenvalue weighted by molar-refractivity contribution is -0.115. The molecule has 1 heterocycles. The lowest BCUT2D eigenvalue weighted by Gasteiger charge is -2.13. The number of hydrogen-bond acceptors (Lipinski definition) is 3. The molecule has 0 spiro atoms. The van der Waals surface area contributed by atoms with Crippen molar-refractivity contribution in [1.29, 1.82) is 0 Å². The number of aliphatic hydroxyl groups is 1. The summed E-state index contributed by atoms with van der Waals surface area (Å²) < 4.78 is 0. The molecule has 20 heavy (non-hydrogen) atoms. The van der Waals surface area contributed by atoms with Crippen LogP contribution in [0.2, 0.25) is 0 Å². The van der Waals surface area contributed by atoms with Crippen molar-refractivity contribution in [3.8, 4) is 11.8 Å². The van der Waals surface area contributed by atoms with Crippen LogP contribution in [-0.4, -0.2) is 28.6 Å². The number of hydrogen-bond donors (Lipinski definition) is 2. The quantitative estimate of drug-likeness (QED) is 0.840. The Morgan fingerprint density at radius 2 is 2.40 bits per heavy atom. The molecule has 1 saturated heterocycles. The molecule has 106 valence electrons. The minimum Gasteiger partial charge on any atom is -0.384 e. The van der Waals surface area contributed by atoms with Crippen LogP contribution in [0.15, 0.2) is 18.2 Å². The van der Waals surface area contributed by atoms with Gasteiger partial charge in [-0.2, -0.15) is 0 Å². The Hall–Kier alpha value is -1.44. The number of rotatable bonds is 3. The van der Waals surface area contributed by atoms with Gasteiger partial charge in [0.2, 0.25) is 5.91 Å². The van der Waals surface area contributed by atoms with Crippen molar-refractivity contribution in [3.05, 3.63) is 29.3 Å². The van der Waals surface area contributed by atoms with E-state index in [1.165, 1.54) is 0 Å². The number of aryl methyl sites for hydroxylation is 1. The number of amides is 1. The molecular formula is C16H19NO2S. The van der Waals surface area contributed by atoms with E-state index in [-0.39, 0.29) is 17.8 Å². The number of anilines is 1. The summed E-state index contributed by atoms with van der Waals surface area (Å²) >= 11 is 1.74. The van der Waals surface area contributed by atoms with E-state index in [1.54, 1.807) is 11.8 Å². The molecule has 1 atom stereocenters. The van der Waals surface area contributed by atoms with Gasteiger partial charge in [-0.05, 0) is 48.8 Å². The molecule has 4 heteroatoms. The first-order valence-electron chi connectivity index (χ1n) is 6.89. The number of nitrogens with one attached hydrogen (secondary N) is 1. The van der Waals surface area contributed by atoms with Crippen molar-refractivity contribution in [3.63, 3.8) is 0 Å². The molecular weight excluding hydrogens is 270 g/mol. The molecule has 0 radical (unpaired) electrons. The fourth-order valence-electron chi connectivity index (χ4n) is 2.23. The summed E-state index contributed by atoms with van der Waals surface area (Å²) in [6, 6.07) is 5.75. The van der Waals surface area contributed by atoms with Crippen molar-refractivity contribution in [2.24, 2.45) is 0 Å². The third-order valence-corrected chi connectivity index (χ3v) is 4.65. The van der Waals surface area contributed by atoms with Crippen LogP contribution < -0.4 is 5.32 Å². The lowest BCUT2D eigenvalue weighted by Crippen LogP contribution is -2.23. The molecule has 1 fully saturated rings. The zero-order valence-electron chi connectivity index (χ0n) is 11.6. The Balaban J connectivity index is 2.12. The van der Waals surface area contributed by atoms with Gasteiger partial charge in [-0.25, -0.2) is 0 Å². The van der Waals surface area contributed by atoms with E-state index >= 15 is 0 Å². The predicted molar refractivity (Wildman–Crippen MR) is 83.9 cm³/mol. The largest absolute Gasteiger partial charge is 0.384 e. The van der Waals surface area contributed by atoms with Crippen molar-refractivity contribution in [1.82, 2.24) is 0 Å². The number of aliphatic hydroxyl groups excluding tert-OH is 1. The van der Waals surface area contributed by atoms with Crippen LogP contribution in [0.4, 0.5) is 5.69 Å². The maximum Gasteiger partial charge on any atom is 0.237 e. The van der Waals surface area contributed by atoms with Crippen LogP contribution in [0.25, 0.3) is 0 Å². The first-order valence-corrected chi connectivity index (χ1v) is 7.94. The average molecular weight is 289 g/mol. The Morgan fingerprint density at radius 3 is 3.05 bits per heavy atom. The molecule has 0 bridgehead atoms. The number of carbonyl (C=O) groups is 1. The Kier molecular flexibility index (Phi) is 5.51. The fourth-order valence-corrected chi connectivity index (χ4v) is 3.39. The molecule has 1 amide bonds. The third kappa shape index (κ3) is 3.78. The maximum absolute atomic E-state index is 12.1. The van der Waals surface area contributed by atoms with Gasteiger partial charge in [0, 0.05) is 11.3 Å². The topological polar surface area (TPSA) is 49.3 Å². The van der Waals surface area contributed by atoms with E-state index in [4.69, 9.17) is 5.11 Å². The van der Waals surface area contributed by atoms with Crippen molar-refractivity contribution in [2.75, 3.05) is 17.7 Å². The normalized spacial score (nSPS) is 17.4. The minimum atomic E-state index is -0.140. The van der Waals surface area contributed by atoms with Crippen molar-refractivity contribution < 1.29 is 9.90 Å².